The fourth-order valence-corrected chi connectivity index (χ4v) is 3.65. The predicted octanol–water partition coefficient (Wildman–Crippen LogP) is 4.88. The van der Waals surface area contributed by atoms with E-state index in [1.807, 2.05) is 0 Å². The Balaban J connectivity index is 0. The molecule has 0 saturated carbocycles. The molecule has 0 saturated heterocycles. The van der Waals surface area contributed by atoms with Crippen LogP contribution in [0.15, 0.2) is 12.2 Å². The third kappa shape index (κ3) is 18.0. The summed E-state index contributed by atoms with van der Waals surface area (Å²) >= 11 is 0. The molecule has 0 amide bonds. The Hall–Kier alpha value is -0.0500. The molecule has 2 nitrogen and oxygen atoms in total. The Labute approximate surface area is 184 Å². The summed E-state index contributed by atoms with van der Waals surface area (Å²) < 4.78 is 7.06. The number of unbranched alkanes of at least 4 members (excludes halogenated alkanes) is 12. The molecular formula is C25H52ClNO. The number of ether oxygens (including phenoxy) is 1. The van der Waals surface area contributed by atoms with Gasteiger partial charge in [0.25, 0.3) is 0 Å². The van der Waals surface area contributed by atoms with Gasteiger partial charge in [-0.15, -0.1) is 0 Å². The highest BCUT2D eigenvalue weighted by molar-refractivity contribution is 4.81. The Morgan fingerprint density at radius 1 is 0.571 bits per heavy atom. The van der Waals surface area contributed by atoms with Crippen molar-refractivity contribution in [3.63, 3.8) is 0 Å². The summed E-state index contributed by atoms with van der Waals surface area (Å²) in [6.07, 6.45) is 23.9. The number of hydrogen-bond donors (Lipinski definition) is 0. The molecule has 3 heteroatoms. The van der Waals surface area contributed by atoms with Gasteiger partial charge in [0, 0.05) is 0 Å². The van der Waals surface area contributed by atoms with Crippen molar-refractivity contribution in [2.45, 2.75) is 118 Å². The molecule has 0 aromatic rings. The molecular weight excluding hydrogens is 366 g/mol. The first-order valence-corrected chi connectivity index (χ1v) is 12.3. The van der Waals surface area contributed by atoms with E-state index in [0.717, 1.165) is 17.8 Å². The Morgan fingerprint density at radius 2 is 1.00 bits per heavy atom. The molecule has 0 spiro atoms. The zero-order chi connectivity index (χ0) is 20.1. The summed E-state index contributed by atoms with van der Waals surface area (Å²) in [5.74, 6) is 0. The van der Waals surface area contributed by atoms with Gasteiger partial charge in [-0.1, -0.05) is 76.9 Å². The highest BCUT2D eigenvalue weighted by Crippen LogP contribution is 2.11. The number of allylic oxidation sites excluding steroid dienone is 2. The van der Waals surface area contributed by atoms with Crippen molar-refractivity contribution in [3.8, 4) is 0 Å². The molecule has 0 fully saturated rings. The number of hydrogen-bond acceptors (Lipinski definition) is 1. The molecule has 0 unspecified atom stereocenters. The van der Waals surface area contributed by atoms with Crippen LogP contribution in [-0.2, 0) is 4.74 Å². The zero-order valence-electron chi connectivity index (χ0n) is 19.8. The lowest BCUT2D eigenvalue weighted by molar-refractivity contribution is -0.941. The quantitative estimate of drug-likeness (QED) is 0.112. The molecule has 0 aliphatic heterocycles. The van der Waals surface area contributed by atoms with E-state index in [-0.39, 0.29) is 12.4 Å². The monoisotopic (exact) mass is 417 g/mol. The zero-order valence-corrected chi connectivity index (χ0v) is 20.6. The summed E-state index contributed by atoms with van der Waals surface area (Å²) in [6, 6.07) is 0. The van der Waals surface area contributed by atoms with Gasteiger partial charge in [0.15, 0.2) is 6.73 Å². The Morgan fingerprint density at radius 3 is 1.46 bits per heavy atom. The van der Waals surface area contributed by atoms with Crippen LogP contribution in [0.3, 0.4) is 0 Å². The minimum absolute atomic E-state index is 0. The van der Waals surface area contributed by atoms with E-state index in [2.05, 4.69) is 39.8 Å². The maximum atomic E-state index is 5.95. The fraction of sp³-hybridized carbons (Fsp3) is 0.920. The summed E-state index contributed by atoms with van der Waals surface area (Å²) in [5.41, 5.74) is 0. The van der Waals surface area contributed by atoms with Crippen LogP contribution >= 0.6 is 0 Å². The van der Waals surface area contributed by atoms with Gasteiger partial charge < -0.3 is 21.6 Å². The van der Waals surface area contributed by atoms with Gasteiger partial charge in [-0.05, 0) is 52.9 Å². The summed E-state index contributed by atoms with van der Waals surface area (Å²) in [6.45, 7) is 14.5. The lowest BCUT2D eigenvalue weighted by Crippen LogP contribution is -3.00. The van der Waals surface area contributed by atoms with Gasteiger partial charge in [0.1, 0.15) is 0 Å². The van der Waals surface area contributed by atoms with E-state index in [9.17, 15) is 0 Å². The summed E-state index contributed by atoms with van der Waals surface area (Å²) in [5, 5.41) is 0. The molecule has 0 radical (unpaired) electrons. The number of halogens is 1. The molecule has 0 aliphatic carbocycles. The van der Waals surface area contributed by atoms with Crippen LogP contribution in [-0.4, -0.2) is 37.5 Å². The van der Waals surface area contributed by atoms with Gasteiger partial charge in [0.05, 0.1) is 26.2 Å². The van der Waals surface area contributed by atoms with Crippen molar-refractivity contribution in [1.29, 1.82) is 0 Å². The summed E-state index contributed by atoms with van der Waals surface area (Å²) in [7, 11) is 0. The first-order chi connectivity index (χ1) is 13.2. The molecule has 0 atom stereocenters. The Kier molecular flexibility index (Phi) is 25.0. The maximum Gasteiger partial charge on any atom is 0.183 e. The normalized spacial score (nSPS) is 11.9. The van der Waals surface area contributed by atoms with Crippen molar-refractivity contribution >= 4 is 0 Å². The highest BCUT2D eigenvalue weighted by atomic mass is 35.5. The van der Waals surface area contributed by atoms with Gasteiger partial charge in [-0.2, -0.15) is 0 Å². The van der Waals surface area contributed by atoms with Gasteiger partial charge in [-0.3, -0.25) is 0 Å². The average molecular weight is 418 g/mol. The van der Waals surface area contributed by atoms with E-state index in [0.29, 0.717) is 0 Å². The summed E-state index contributed by atoms with van der Waals surface area (Å²) in [4.78, 5) is 0. The number of nitrogens with zero attached hydrogens (tertiary/aromatic N) is 1. The van der Waals surface area contributed by atoms with Crippen LogP contribution in [0.5, 0.6) is 0 Å². The van der Waals surface area contributed by atoms with Crippen LogP contribution in [0, 0.1) is 0 Å². The van der Waals surface area contributed by atoms with Gasteiger partial charge in [0.2, 0.25) is 0 Å². The van der Waals surface area contributed by atoms with Crippen LogP contribution in [0.25, 0.3) is 0 Å². The second kappa shape index (κ2) is 23.2. The lowest BCUT2D eigenvalue weighted by atomic mass is 10.1. The largest absolute Gasteiger partial charge is 1.00 e. The van der Waals surface area contributed by atoms with E-state index in [4.69, 9.17) is 4.74 Å². The maximum absolute atomic E-state index is 5.95. The number of rotatable bonds is 21. The molecule has 0 heterocycles. The van der Waals surface area contributed by atoms with Crippen molar-refractivity contribution in [2.24, 2.45) is 0 Å². The predicted molar refractivity (Wildman–Crippen MR) is 122 cm³/mol. The van der Waals surface area contributed by atoms with Crippen LogP contribution < -0.4 is 12.4 Å². The van der Waals surface area contributed by atoms with E-state index in [1.54, 1.807) is 0 Å². The first kappa shape index (κ1) is 30.1. The smallest absolute Gasteiger partial charge is 0.183 e. The highest BCUT2D eigenvalue weighted by Gasteiger charge is 2.20. The molecule has 170 valence electrons. The number of quaternary nitrogens is 1. The van der Waals surface area contributed by atoms with Gasteiger partial charge in [-0.25, -0.2) is 0 Å². The molecule has 0 N–H and O–H groups in total. The van der Waals surface area contributed by atoms with Crippen LogP contribution in [0.1, 0.15) is 118 Å². The van der Waals surface area contributed by atoms with E-state index < -0.39 is 0 Å². The molecule has 0 aromatic heterocycles. The molecule has 0 rings (SSSR count). The minimum atomic E-state index is 0. The van der Waals surface area contributed by atoms with Crippen molar-refractivity contribution in [2.75, 3.05) is 33.0 Å². The van der Waals surface area contributed by atoms with Crippen LogP contribution in [0.4, 0.5) is 0 Å². The minimum Gasteiger partial charge on any atom is -1.00 e. The fourth-order valence-electron chi connectivity index (χ4n) is 3.65. The van der Waals surface area contributed by atoms with Crippen molar-refractivity contribution in [3.05, 3.63) is 12.2 Å². The van der Waals surface area contributed by atoms with E-state index >= 15 is 0 Å². The first-order valence-electron chi connectivity index (χ1n) is 12.3. The molecule has 0 aromatic carbocycles. The van der Waals surface area contributed by atoms with Crippen LogP contribution in [0.2, 0.25) is 0 Å². The third-order valence-electron chi connectivity index (χ3n) is 6.18. The van der Waals surface area contributed by atoms with Crippen molar-refractivity contribution in [1.82, 2.24) is 0 Å². The lowest BCUT2D eigenvalue weighted by Gasteiger charge is -2.35. The molecule has 0 aliphatic rings. The third-order valence-corrected chi connectivity index (χ3v) is 6.18. The van der Waals surface area contributed by atoms with Crippen molar-refractivity contribution < 1.29 is 21.6 Å². The van der Waals surface area contributed by atoms with Gasteiger partial charge >= 0.3 is 0 Å². The average Bonchev–Trinajstić information content (AvgIpc) is 2.70. The second-order valence-corrected chi connectivity index (χ2v) is 8.27. The standard InChI is InChI=1S/C25H52NO.ClH/c1-5-9-10-11-12-13-14-15-16-17-18-19-20-21-22-23-24-27-25-26(6-2,7-3)8-4;/h15-16H,5-14,17-25H2,1-4H3;1H/q+1;/p-1. The topological polar surface area (TPSA) is 9.23 Å². The SMILES string of the molecule is CCCCCCCCC=CCCCCCCCCOC[N+](CC)(CC)CC.[Cl-]. The molecule has 28 heavy (non-hydrogen) atoms. The van der Waals surface area contributed by atoms with E-state index in [1.165, 1.54) is 110 Å². The Bertz CT molecular complexity index is 307. The molecule has 0 bridgehead atoms. The second-order valence-electron chi connectivity index (χ2n) is 8.27.